The SMILES string of the molecule is C[C@@H]1C(=O)N2CCC[C@@H]2CN1Cc1ccc(Cn2cccn2)cc1. The molecule has 2 saturated heterocycles. The summed E-state index contributed by atoms with van der Waals surface area (Å²) in [4.78, 5) is 16.9. The first-order chi connectivity index (χ1) is 11.7. The van der Waals surface area contributed by atoms with E-state index in [9.17, 15) is 4.79 Å². The lowest BCUT2D eigenvalue weighted by molar-refractivity contribution is -0.143. The number of hydrogen-bond acceptors (Lipinski definition) is 3. The third kappa shape index (κ3) is 2.96. The Balaban J connectivity index is 1.42. The molecule has 5 nitrogen and oxygen atoms in total. The summed E-state index contributed by atoms with van der Waals surface area (Å²) < 4.78 is 1.93. The molecule has 0 radical (unpaired) electrons. The average molecular weight is 324 g/mol. The molecule has 0 saturated carbocycles. The topological polar surface area (TPSA) is 41.4 Å². The highest BCUT2D eigenvalue weighted by Crippen LogP contribution is 2.26. The van der Waals surface area contributed by atoms with Crippen LogP contribution in [0, 0.1) is 0 Å². The van der Waals surface area contributed by atoms with Crippen LogP contribution in [0.3, 0.4) is 0 Å². The minimum absolute atomic E-state index is 0.0110. The summed E-state index contributed by atoms with van der Waals surface area (Å²) >= 11 is 0. The molecular weight excluding hydrogens is 300 g/mol. The van der Waals surface area contributed by atoms with Gasteiger partial charge in [-0.05, 0) is 37.0 Å². The number of fused-ring (bicyclic) bond motifs is 1. The Bertz CT molecular complexity index is 695. The summed E-state index contributed by atoms with van der Waals surface area (Å²) in [6, 6.07) is 11.0. The molecule has 2 atom stereocenters. The molecule has 0 bridgehead atoms. The van der Waals surface area contributed by atoms with E-state index in [2.05, 4.69) is 39.2 Å². The predicted octanol–water partition coefficient (Wildman–Crippen LogP) is 2.13. The molecule has 2 aromatic rings. The quantitative estimate of drug-likeness (QED) is 0.865. The van der Waals surface area contributed by atoms with Crippen molar-refractivity contribution in [1.82, 2.24) is 19.6 Å². The molecule has 0 unspecified atom stereocenters. The van der Waals surface area contributed by atoms with Gasteiger partial charge in [-0.2, -0.15) is 5.10 Å². The van der Waals surface area contributed by atoms with E-state index in [0.29, 0.717) is 11.9 Å². The minimum atomic E-state index is -0.0110. The third-order valence-electron chi connectivity index (χ3n) is 5.32. The molecule has 2 aliphatic rings. The van der Waals surface area contributed by atoms with Gasteiger partial charge in [-0.15, -0.1) is 0 Å². The molecule has 1 aromatic carbocycles. The lowest BCUT2D eigenvalue weighted by Gasteiger charge is -2.41. The third-order valence-corrected chi connectivity index (χ3v) is 5.32. The van der Waals surface area contributed by atoms with E-state index in [1.807, 2.05) is 23.9 Å². The summed E-state index contributed by atoms with van der Waals surface area (Å²) in [5.74, 6) is 0.305. The fourth-order valence-electron chi connectivity index (χ4n) is 3.91. The molecule has 5 heteroatoms. The van der Waals surface area contributed by atoms with Crippen LogP contribution < -0.4 is 0 Å². The van der Waals surface area contributed by atoms with Crippen molar-refractivity contribution in [1.29, 1.82) is 0 Å². The fraction of sp³-hybridized carbons (Fsp3) is 0.474. The number of hydrogen-bond donors (Lipinski definition) is 0. The van der Waals surface area contributed by atoms with Gasteiger partial charge in [-0.3, -0.25) is 14.4 Å². The van der Waals surface area contributed by atoms with Crippen molar-refractivity contribution in [3.8, 4) is 0 Å². The first kappa shape index (κ1) is 15.4. The van der Waals surface area contributed by atoms with Crippen LogP contribution in [-0.2, 0) is 17.9 Å². The van der Waals surface area contributed by atoms with Crippen LogP contribution in [0.4, 0.5) is 0 Å². The Morgan fingerprint density at radius 1 is 1.17 bits per heavy atom. The Morgan fingerprint density at radius 2 is 1.92 bits per heavy atom. The van der Waals surface area contributed by atoms with Gasteiger partial charge in [0.25, 0.3) is 0 Å². The molecule has 2 fully saturated rings. The highest BCUT2D eigenvalue weighted by atomic mass is 16.2. The van der Waals surface area contributed by atoms with E-state index in [1.165, 1.54) is 11.1 Å². The van der Waals surface area contributed by atoms with Crippen LogP contribution in [0.2, 0.25) is 0 Å². The zero-order valence-electron chi connectivity index (χ0n) is 14.1. The summed E-state index contributed by atoms with van der Waals surface area (Å²) in [6.07, 6.45) is 6.08. The van der Waals surface area contributed by atoms with Crippen molar-refractivity contribution in [3.05, 3.63) is 53.9 Å². The molecule has 1 amide bonds. The molecule has 4 rings (SSSR count). The van der Waals surface area contributed by atoms with Crippen LogP contribution in [0.25, 0.3) is 0 Å². The second-order valence-electron chi connectivity index (χ2n) is 6.95. The van der Waals surface area contributed by atoms with Crippen LogP contribution in [0.5, 0.6) is 0 Å². The largest absolute Gasteiger partial charge is 0.337 e. The lowest BCUT2D eigenvalue weighted by atomic mass is 10.1. The zero-order valence-corrected chi connectivity index (χ0v) is 14.1. The Labute approximate surface area is 142 Å². The Hall–Kier alpha value is -2.14. The minimum Gasteiger partial charge on any atom is -0.337 e. The van der Waals surface area contributed by atoms with Crippen LogP contribution in [0.15, 0.2) is 42.7 Å². The number of piperazine rings is 1. The number of benzene rings is 1. The van der Waals surface area contributed by atoms with E-state index < -0.39 is 0 Å². The maximum Gasteiger partial charge on any atom is 0.239 e. The summed E-state index contributed by atoms with van der Waals surface area (Å²) in [5, 5.41) is 4.24. The van der Waals surface area contributed by atoms with Crippen molar-refractivity contribution in [2.75, 3.05) is 13.1 Å². The van der Waals surface area contributed by atoms with Gasteiger partial charge in [0.15, 0.2) is 0 Å². The fourth-order valence-corrected chi connectivity index (χ4v) is 3.91. The van der Waals surface area contributed by atoms with Gasteiger partial charge < -0.3 is 4.90 Å². The van der Waals surface area contributed by atoms with E-state index in [4.69, 9.17) is 0 Å². The maximum atomic E-state index is 12.5. The molecular formula is C19H24N4O. The van der Waals surface area contributed by atoms with Crippen molar-refractivity contribution < 1.29 is 4.79 Å². The van der Waals surface area contributed by atoms with Gasteiger partial charge in [0.2, 0.25) is 5.91 Å². The van der Waals surface area contributed by atoms with E-state index in [1.54, 1.807) is 6.20 Å². The molecule has 1 aromatic heterocycles. The van der Waals surface area contributed by atoms with Crippen LogP contribution >= 0.6 is 0 Å². The molecule has 3 heterocycles. The number of nitrogens with zero attached hydrogens (tertiary/aromatic N) is 4. The Kier molecular flexibility index (Phi) is 4.10. The molecule has 126 valence electrons. The molecule has 24 heavy (non-hydrogen) atoms. The van der Waals surface area contributed by atoms with Crippen LogP contribution in [0.1, 0.15) is 30.9 Å². The van der Waals surface area contributed by atoms with Crippen molar-refractivity contribution >= 4 is 5.91 Å². The maximum absolute atomic E-state index is 12.5. The molecule has 2 aliphatic heterocycles. The molecule has 0 N–H and O–H groups in total. The average Bonchev–Trinajstić information content (AvgIpc) is 3.26. The first-order valence-electron chi connectivity index (χ1n) is 8.80. The highest BCUT2D eigenvalue weighted by Gasteiger charge is 2.39. The zero-order chi connectivity index (χ0) is 16.5. The van der Waals surface area contributed by atoms with Crippen LogP contribution in [-0.4, -0.2) is 50.7 Å². The standard InChI is InChI=1S/C19H24N4O/c1-15-19(24)23-11-2-4-18(23)14-21(15)12-16-5-7-17(8-6-16)13-22-10-3-9-20-22/h3,5-10,15,18H,2,4,11-14H2,1H3/t15-,18-/m1/s1. The summed E-state index contributed by atoms with van der Waals surface area (Å²) in [5.41, 5.74) is 2.51. The van der Waals surface area contributed by atoms with Crippen molar-refractivity contribution in [2.45, 2.75) is 44.9 Å². The number of amides is 1. The first-order valence-corrected chi connectivity index (χ1v) is 8.80. The number of rotatable bonds is 4. The van der Waals surface area contributed by atoms with Gasteiger partial charge in [0.1, 0.15) is 0 Å². The van der Waals surface area contributed by atoms with E-state index in [-0.39, 0.29) is 6.04 Å². The molecule has 0 aliphatic carbocycles. The summed E-state index contributed by atoms with van der Waals surface area (Å²) in [6.45, 7) is 5.64. The van der Waals surface area contributed by atoms with Crippen molar-refractivity contribution in [2.24, 2.45) is 0 Å². The van der Waals surface area contributed by atoms with Gasteiger partial charge >= 0.3 is 0 Å². The summed E-state index contributed by atoms with van der Waals surface area (Å²) in [7, 11) is 0. The molecule has 0 spiro atoms. The highest BCUT2D eigenvalue weighted by molar-refractivity contribution is 5.83. The second kappa shape index (κ2) is 6.40. The van der Waals surface area contributed by atoms with Gasteiger partial charge in [-0.25, -0.2) is 0 Å². The van der Waals surface area contributed by atoms with Gasteiger partial charge in [0, 0.05) is 38.1 Å². The number of aromatic nitrogens is 2. The van der Waals surface area contributed by atoms with Gasteiger partial charge in [0.05, 0.1) is 12.6 Å². The number of carbonyl (C=O) groups excluding carboxylic acids is 1. The second-order valence-corrected chi connectivity index (χ2v) is 6.95. The van der Waals surface area contributed by atoms with E-state index >= 15 is 0 Å². The smallest absolute Gasteiger partial charge is 0.239 e. The Morgan fingerprint density at radius 3 is 2.62 bits per heavy atom. The monoisotopic (exact) mass is 324 g/mol. The normalized spacial score (nSPS) is 24.4. The lowest BCUT2D eigenvalue weighted by Crippen LogP contribution is -2.58. The van der Waals surface area contributed by atoms with Crippen molar-refractivity contribution in [3.63, 3.8) is 0 Å². The van der Waals surface area contributed by atoms with Gasteiger partial charge in [-0.1, -0.05) is 24.3 Å². The van der Waals surface area contributed by atoms with E-state index in [0.717, 1.165) is 39.0 Å². The number of carbonyl (C=O) groups is 1. The predicted molar refractivity (Wildman–Crippen MR) is 92.4 cm³/mol.